The van der Waals surface area contributed by atoms with Gasteiger partial charge in [-0.3, -0.25) is 0 Å². The van der Waals surface area contributed by atoms with E-state index < -0.39 is 0 Å². The van der Waals surface area contributed by atoms with Crippen LogP contribution in [0.25, 0.3) is 6.08 Å². The van der Waals surface area contributed by atoms with Gasteiger partial charge in [0, 0.05) is 0 Å². The Kier molecular flexibility index (Phi) is 1.99. The number of oxazole rings is 1. The molecule has 52 valence electrons. The lowest BCUT2D eigenvalue weighted by molar-refractivity contribution is 0.568. The van der Waals surface area contributed by atoms with Gasteiger partial charge in [0.05, 0.1) is 0 Å². The van der Waals surface area contributed by atoms with Gasteiger partial charge in [0.15, 0.2) is 6.39 Å². The van der Waals surface area contributed by atoms with E-state index in [1.54, 1.807) is 0 Å². The van der Waals surface area contributed by atoms with Crippen molar-refractivity contribution >= 4 is 18.7 Å². The van der Waals surface area contributed by atoms with Crippen molar-refractivity contribution in [2.75, 3.05) is 0 Å². The van der Waals surface area contributed by atoms with Crippen molar-refractivity contribution in [1.82, 2.24) is 4.98 Å². The first-order chi connectivity index (χ1) is 4.88. The predicted molar refractivity (Wildman–Crippen MR) is 40.4 cm³/mol. The highest BCUT2D eigenvalue weighted by atomic mass is 16.4. The van der Waals surface area contributed by atoms with Crippen LogP contribution < -0.4 is 0 Å². The minimum atomic E-state index is 0.470. The number of hydrogen-bond acceptors (Lipinski definition) is 3. The van der Waals surface area contributed by atoms with E-state index in [-0.39, 0.29) is 0 Å². The maximum absolute atomic E-state index is 4.87. The lowest BCUT2D eigenvalue weighted by Crippen LogP contribution is -1.67. The Hall–Kier alpha value is -1.38. The standard InChI is InChI=1S/C7H8N2O/c1-3-4-6-7(8-2)10-5-9-6/h3-5H,2H2,1H3. The number of aliphatic imine (C=N–C) groups is 1. The fraction of sp³-hybridized carbons (Fsp3) is 0.143. The predicted octanol–water partition coefficient (Wildman–Crippen LogP) is 2.04. The summed E-state index contributed by atoms with van der Waals surface area (Å²) in [7, 11) is 0. The molecule has 0 atom stereocenters. The Balaban J connectivity index is 3.00. The van der Waals surface area contributed by atoms with Crippen molar-refractivity contribution in [3.63, 3.8) is 0 Å². The molecule has 0 N–H and O–H groups in total. The maximum Gasteiger partial charge on any atom is 0.246 e. The average molecular weight is 136 g/mol. The van der Waals surface area contributed by atoms with Crippen molar-refractivity contribution < 1.29 is 4.42 Å². The molecule has 0 saturated carbocycles. The van der Waals surface area contributed by atoms with E-state index in [9.17, 15) is 0 Å². The van der Waals surface area contributed by atoms with Gasteiger partial charge in [0.25, 0.3) is 0 Å². The Bertz CT molecular complexity index is 250. The third-order valence-corrected chi connectivity index (χ3v) is 1.04. The van der Waals surface area contributed by atoms with Crippen molar-refractivity contribution in [3.8, 4) is 0 Å². The second-order valence-electron chi connectivity index (χ2n) is 1.70. The third-order valence-electron chi connectivity index (χ3n) is 1.04. The largest absolute Gasteiger partial charge is 0.425 e. The molecule has 0 radical (unpaired) electrons. The molecular formula is C7H8N2O. The Morgan fingerprint density at radius 1 is 1.80 bits per heavy atom. The zero-order chi connectivity index (χ0) is 7.40. The quantitative estimate of drug-likeness (QED) is 0.583. The molecule has 0 unspecified atom stereocenters. The summed E-state index contributed by atoms with van der Waals surface area (Å²) in [4.78, 5) is 7.51. The first-order valence-corrected chi connectivity index (χ1v) is 2.91. The van der Waals surface area contributed by atoms with Crippen molar-refractivity contribution in [2.45, 2.75) is 6.92 Å². The van der Waals surface area contributed by atoms with E-state index in [0.29, 0.717) is 5.88 Å². The zero-order valence-electron chi connectivity index (χ0n) is 5.74. The molecule has 1 aromatic rings. The van der Waals surface area contributed by atoms with Gasteiger partial charge in [-0.25, -0.2) is 9.98 Å². The lowest BCUT2D eigenvalue weighted by atomic mass is 10.4. The summed E-state index contributed by atoms with van der Waals surface area (Å²) in [6.45, 7) is 5.23. The molecule has 0 bridgehead atoms. The van der Waals surface area contributed by atoms with Gasteiger partial charge in [-0.1, -0.05) is 6.08 Å². The Labute approximate surface area is 59.1 Å². The van der Waals surface area contributed by atoms with E-state index in [1.807, 2.05) is 19.1 Å². The van der Waals surface area contributed by atoms with Crippen LogP contribution in [0.1, 0.15) is 12.6 Å². The monoisotopic (exact) mass is 136 g/mol. The van der Waals surface area contributed by atoms with Crippen LogP contribution in [0.5, 0.6) is 0 Å². The van der Waals surface area contributed by atoms with Crippen molar-refractivity contribution in [1.29, 1.82) is 0 Å². The van der Waals surface area contributed by atoms with E-state index in [2.05, 4.69) is 16.7 Å². The Morgan fingerprint density at radius 2 is 2.60 bits per heavy atom. The molecule has 0 saturated heterocycles. The molecule has 1 heterocycles. The fourth-order valence-corrected chi connectivity index (χ4v) is 0.639. The molecule has 0 aliphatic heterocycles. The highest BCUT2D eigenvalue weighted by molar-refractivity contribution is 5.56. The second kappa shape index (κ2) is 2.96. The summed E-state index contributed by atoms with van der Waals surface area (Å²) in [5.74, 6) is 0.470. The number of hydrogen-bond donors (Lipinski definition) is 0. The van der Waals surface area contributed by atoms with E-state index in [0.717, 1.165) is 5.69 Å². The summed E-state index contributed by atoms with van der Waals surface area (Å²) < 4.78 is 4.87. The first-order valence-electron chi connectivity index (χ1n) is 2.91. The van der Waals surface area contributed by atoms with E-state index >= 15 is 0 Å². The highest BCUT2D eigenvalue weighted by Crippen LogP contribution is 2.17. The van der Waals surface area contributed by atoms with Crippen LogP contribution in [-0.4, -0.2) is 11.7 Å². The number of nitrogens with zero attached hydrogens (tertiary/aromatic N) is 2. The molecule has 3 nitrogen and oxygen atoms in total. The summed E-state index contributed by atoms with van der Waals surface area (Å²) in [6, 6.07) is 0. The molecule has 3 heteroatoms. The van der Waals surface area contributed by atoms with Gasteiger partial charge in [0.2, 0.25) is 5.88 Å². The number of aromatic nitrogens is 1. The van der Waals surface area contributed by atoms with Crippen LogP contribution in [0.4, 0.5) is 5.88 Å². The van der Waals surface area contributed by atoms with Crippen LogP contribution in [0.2, 0.25) is 0 Å². The molecule has 1 rings (SSSR count). The molecule has 0 fully saturated rings. The zero-order valence-corrected chi connectivity index (χ0v) is 5.74. The first kappa shape index (κ1) is 6.74. The minimum Gasteiger partial charge on any atom is -0.425 e. The average Bonchev–Trinajstić information content (AvgIpc) is 2.36. The summed E-state index contributed by atoms with van der Waals surface area (Å²) in [6.07, 6.45) is 5.03. The second-order valence-corrected chi connectivity index (χ2v) is 1.70. The smallest absolute Gasteiger partial charge is 0.246 e. The molecule has 0 amide bonds. The van der Waals surface area contributed by atoms with Gasteiger partial charge in [-0.05, 0) is 19.7 Å². The van der Waals surface area contributed by atoms with Crippen LogP contribution in [0, 0.1) is 0 Å². The molecule has 0 aromatic carbocycles. The third kappa shape index (κ3) is 1.13. The minimum absolute atomic E-state index is 0.470. The van der Waals surface area contributed by atoms with Crippen molar-refractivity contribution in [2.24, 2.45) is 4.99 Å². The van der Waals surface area contributed by atoms with Gasteiger partial charge >= 0.3 is 0 Å². The van der Waals surface area contributed by atoms with Crippen molar-refractivity contribution in [3.05, 3.63) is 18.2 Å². The SMILES string of the molecule is C=Nc1ocnc1C=CC. The summed E-state index contributed by atoms with van der Waals surface area (Å²) >= 11 is 0. The van der Waals surface area contributed by atoms with Crippen LogP contribution in [0.3, 0.4) is 0 Å². The lowest BCUT2D eigenvalue weighted by Gasteiger charge is -1.82. The molecule has 0 aliphatic rings. The summed E-state index contributed by atoms with van der Waals surface area (Å²) in [5.41, 5.74) is 0.720. The molecule has 10 heavy (non-hydrogen) atoms. The number of rotatable bonds is 2. The van der Waals surface area contributed by atoms with Crippen LogP contribution in [0.15, 0.2) is 21.9 Å². The van der Waals surface area contributed by atoms with Gasteiger partial charge in [0.1, 0.15) is 5.69 Å². The van der Waals surface area contributed by atoms with Crippen LogP contribution in [-0.2, 0) is 0 Å². The summed E-state index contributed by atoms with van der Waals surface area (Å²) in [5, 5.41) is 0. The molecular weight excluding hydrogens is 128 g/mol. The van der Waals surface area contributed by atoms with E-state index in [1.165, 1.54) is 6.39 Å². The van der Waals surface area contributed by atoms with Crippen LogP contribution >= 0.6 is 0 Å². The normalized spacial score (nSPS) is 10.5. The number of allylic oxidation sites excluding steroid dienone is 1. The van der Waals surface area contributed by atoms with Gasteiger partial charge < -0.3 is 4.42 Å². The molecule has 0 aliphatic carbocycles. The fourth-order valence-electron chi connectivity index (χ4n) is 0.639. The topological polar surface area (TPSA) is 38.4 Å². The van der Waals surface area contributed by atoms with E-state index in [4.69, 9.17) is 4.42 Å². The van der Waals surface area contributed by atoms with Gasteiger partial charge in [-0.15, -0.1) is 0 Å². The maximum atomic E-state index is 4.87. The highest BCUT2D eigenvalue weighted by Gasteiger charge is 1.99. The molecule has 1 aromatic heterocycles. The molecule has 0 spiro atoms. The van der Waals surface area contributed by atoms with Gasteiger partial charge in [-0.2, -0.15) is 0 Å². The Morgan fingerprint density at radius 3 is 3.20 bits per heavy atom.